The summed E-state index contributed by atoms with van der Waals surface area (Å²) in [6.07, 6.45) is 8.83. The summed E-state index contributed by atoms with van der Waals surface area (Å²) in [6, 6.07) is 21.8. The van der Waals surface area contributed by atoms with Gasteiger partial charge in [-0.05, 0) is 24.6 Å². The van der Waals surface area contributed by atoms with Gasteiger partial charge in [-0.15, -0.1) is 0 Å². The number of unbranched alkanes of at least 4 members (excludes halogenated alkanes) is 6. The van der Waals surface area contributed by atoms with E-state index in [2.05, 4.69) is 6.92 Å². The molecule has 3 nitrogen and oxygen atoms in total. The second-order valence-corrected chi connectivity index (χ2v) is 8.33. The lowest BCUT2D eigenvalue weighted by atomic mass is 9.65. The molecule has 3 aromatic carbocycles. The molecule has 0 spiro atoms. The van der Waals surface area contributed by atoms with Crippen LogP contribution in [0.1, 0.15) is 75.0 Å². The molecule has 0 aromatic heterocycles. The predicted octanol–water partition coefficient (Wildman–Crippen LogP) is 7.28. The largest absolute Gasteiger partial charge is 0.508 e. The molecule has 0 aliphatic rings. The summed E-state index contributed by atoms with van der Waals surface area (Å²) >= 11 is 0. The van der Waals surface area contributed by atoms with Crippen LogP contribution < -0.4 is 0 Å². The third-order valence-electron chi connectivity index (χ3n) is 6.25. The third kappa shape index (κ3) is 5.04. The number of phenolic OH excluding ortho intramolecular Hbond substituents is 3. The van der Waals surface area contributed by atoms with E-state index in [1.54, 1.807) is 36.4 Å². The SMILES string of the molecule is CCCCCCCCCC(c1ccccc1O)(c1ccccc1O)c1ccccc1O. The van der Waals surface area contributed by atoms with Gasteiger partial charge in [0.25, 0.3) is 0 Å². The van der Waals surface area contributed by atoms with Crippen LogP contribution in [0, 0.1) is 0 Å². The number of rotatable bonds is 11. The topological polar surface area (TPSA) is 60.7 Å². The zero-order chi connectivity index (χ0) is 22.1. The van der Waals surface area contributed by atoms with Crippen molar-refractivity contribution >= 4 is 0 Å². The van der Waals surface area contributed by atoms with Crippen LogP contribution in [0.25, 0.3) is 0 Å². The van der Waals surface area contributed by atoms with Gasteiger partial charge in [-0.3, -0.25) is 0 Å². The Labute approximate surface area is 186 Å². The van der Waals surface area contributed by atoms with Crippen LogP contribution in [-0.2, 0) is 5.41 Å². The number of hydrogen-bond donors (Lipinski definition) is 3. The lowest BCUT2D eigenvalue weighted by molar-refractivity contribution is 0.401. The summed E-state index contributed by atoms with van der Waals surface area (Å²) in [5.41, 5.74) is 1.24. The molecule has 3 rings (SSSR count). The highest BCUT2D eigenvalue weighted by atomic mass is 16.3. The van der Waals surface area contributed by atoms with E-state index in [1.165, 1.54) is 32.1 Å². The number of phenols is 3. The maximum absolute atomic E-state index is 10.9. The number of hydrogen-bond acceptors (Lipinski definition) is 3. The maximum atomic E-state index is 10.9. The van der Waals surface area contributed by atoms with Crippen LogP contribution in [0.3, 0.4) is 0 Å². The van der Waals surface area contributed by atoms with E-state index in [0.717, 1.165) is 12.8 Å². The van der Waals surface area contributed by atoms with Crippen molar-refractivity contribution in [1.29, 1.82) is 0 Å². The minimum absolute atomic E-state index is 0.164. The Hall–Kier alpha value is -2.94. The summed E-state index contributed by atoms with van der Waals surface area (Å²) in [5, 5.41) is 32.7. The molecular formula is C28H34O3. The minimum Gasteiger partial charge on any atom is -0.508 e. The Morgan fingerprint density at radius 3 is 1.26 bits per heavy atom. The van der Waals surface area contributed by atoms with Gasteiger partial charge in [-0.1, -0.05) is 106 Å². The molecule has 0 fully saturated rings. The van der Waals surface area contributed by atoms with Crippen LogP contribution in [-0.4, -0.2) is 15.3 Å². The quantitative estimate of drug-likeness (QED) is 0.226. The van der Waals surface area contributed by atoms with Crippen LogP contribution in [0.5, 0.6) is 17.2 Å². The average molecular weight is 419 g/mol. The van der Waals surface area contributed by atoms with Gasteiger partial charge in [0.2, 0.25) is 0 Å². The molecule has 0 bridgehead atoms. The highest BCUT2D eigenvalue weighted by Crippen LogP contribution is 2.51. The Balaban J connectivity index is 2.08. The molecule has 0 unspecified atom stereocenters. The lowest BCUT2D eigenvalue weighted by Gasteiger charge is -2.37. The molecule has 0 saturated heterocycles. The fraction of sp³-hybridized carbons (Fsp3) is 0.357. The van der Waals surface area contributed by atoms with Gasteiger partial charge in [0.15, 0.2) is 0 Å². The lowest BCUT2D eigenvalue weighted by Crippen LogP contribution is -2.30. The van der Waals surface area contributed by atoms with Gasteiger partial charge in [0.1, 0.15) is 17.2 Å². The second-order valence-electron chi connectivity index (χ2n) is 8.33. The summed E-state index contributed by atoms with van der Waals surface area (Å²) in [6.45, 7) is 2.22. The third-order valence-corrected chi connectivity index (χ3v) is 6.25. The van der Waals surface area contributed by atoms with Crippen LogP contribution in [0.2, 0.25) is 0 Å². The van der Waals surface area contributed by atoms with Gasteiger partial charge in [0.05, 0.1) is 5.41 Å². The molecule has 0 saturated carbocycles. The summed E-state index contributed by atoms with van der Waals surface area (Å²) in [4.78, 5) is 0. The normalized spacial score (nSPS) is 11.5. The molecule has 0 radical (unpaired) electrons. The van der Waals surface area contributed by atoms with E-state index >= 15 is 0 Å². The highest BCUT2D eigenvalue weighted by molar-refractivity contribution is 5.61. The molecule has 3 heteroatoms. The van der Waals surface area contributed by atoms with Crippen molar-refractivity contribution in [3.63, 3.8) is 0 Å². The fourth-order valence-corrected chi connectivity index (χ4v) is 4.69. The predicted molar refractivity (Wildman–Crippen MR) is 127 cm³/mol. The van der Waals surface area contributed by atoms with E-state index in [0.29, 0.717) is 23.1 Å². The van der Waals surface area contributed by atoms with Crippen LogP contribution in [0.4, 0.5) is 0 Å². The molecular weight excluding hydrogens is 384 g/mol. The van der Waals surface area contributed by atoms with Gasteiger partial charge in [-0.25, -0.2) is 0 Å². The maximum Gasteiger partial charge on any atom is 0.120 e. The van der Waals surface area contributed by atoms with Crippen molar-refractivity contribution in [2.24, 2.45) is 0 Å². The second kappa shape index (κ2) is 10.9. The smallest absolute Gasteiger partial charge is 0.120 e. The number of para-hydroxylation sites is 3. The number of benzene rings is 3. The molecule has 3 aromatic rings. The Morgan fingerprint density at radius 1 is 0.516 bits per heavy atom. The van der Waals surface area contributed by atoms with Crippen molar-refractivity contribution in [2.75, 3.05) is 0 Å². The molecule has 0 aliphatic carbocycles. The van der Waals surface area contributed by atoms with Crippen molar-refractivity contribution in [3.8, 4) is 17.2 Å². The van der Waals surface area contributed by atoms with E-state index in [1.807, 2.05) is 36.4 Å². The zero-order valence-electron chi connectivity index (χ0n) is 18.4. The molecule has 164 valence electrons. The molecule has 31 heavy (non-hydrogen) atoms. The Morgan fingerprint density at radius 2 is 0.871 bits per heavy atom. The fourth-order valence-electron chi connectivity index (χ4n) is 4.69. The van der Waals surface area contributed by atoms with Crippen LogP contribution >= 0.6 is 0 Å². The first-order valence-corrected chi connectivity index (χ1v) is 11.5. The van der Waals surface area contributed by atoms with Crippen molar-refractivity contribution in [3.05, 3.63) is 89.5 Å². The van der Waals surface area contributed by atoms with Crippen molar-refractivity contribution < 1.29 is 15.3 Å². The van der Waals surface area contributed by atoms with Crippen molar-refractivity contribution in [2.45, 2.75) is 63.7 Å². The van der Waals surface area contributed by atoms with Gasteiger partial charge in [0, 0.05) is 16.7 Å². The molecule has 0 amide bonds. The first kappa shape index (κ1) is 22.7. The van der Waals surface area contributed by atoms with E-state index in [9.17, 15) is 15.3 Å². The molecule has 0 aliphatic heterocycles. The van der Waals surface area contributed by atoms with Gasteiger partial charge < -0.3 is 15.3 Å². The Bertz CT molecular complexity index is 853. The standard InChI is InChI=1S/C28H34O3/c1-2-3-4-5-6-7-14-21-28(22-15-8-11-18-25(22)29,23-16-9-12-19-26(23)30)24-17-10-13-20-27(24)31/h8-13,15-20,29-31H,2-7,14,21H2,1H3. The van der Waals surface area contributed by atoms with E-state index in [4.69, 9.17) is 0 Å². The van der Waals surface area contributed by atoms with Gasteiger partial charge in [-0.2, -0.15) is 0 Å². The van der Waals surface area contributed by atoms with E-state index in [-0.39, 0.29) is 17.2 Å². The summed E-state index contributed by atoms with van der Waals surface area (Å²) in [7, 11) is 0. The Kier molecular flexibility index (Phi) is 8.00. The van der Waals surface area contributed by atoms with E-state index < -0.39 is 5.41 Å². The van der Waals surface area contributed by atoms with Gasteiger partial charge >= 0.3 is 0 Å². The molecule has 0 atom stereocenters. The minimum atomic E-state index is -0.856. The monoisotopic (exact) mass is 418 g/mol. The summed E-state index contributed by atoms with van der Waals surface area (Å²) in [5.74, 6) is 0.492. The highest BCUT2D eigenvalue weighted by Gasteiger charge is 2.41. The first-order valence-electron chi connectivity index (χ1n) is 11.5. The first-order chi connectivity index (χ1) is 15.1. The zero-order valence-corrected chi connectivity index (χ0v) is 18.4. The number of aromatic hydroxyl groups is 3. The average Bonchev–Trinajstić information content (AvgIpc) is 2.78. The van der Waals surface area contributed by atoms with Crippen LogP contribution in [0.15, 0.2) is 72.8 Å². The summed E-state index contributed by atoms with van der Waals surface area (Å²) < 4.78 is 0. The molecule has 3 N–H and O–H groups in total. The van der Waals surface area contributed by atoms with Crippen molar-refractivity contribution in [1.82, 2.24) is 0 Å². The molecule has 0 heterocycles.